The Morgan fingerprint density at radius 3 is 2.41 bits per heavy atom. The molecule has 196 valence electrons. The van der Waals surface area contributed by atoms with Gasteiger partial charge in [0, 0.05) is 5.02 Å². The Bertz CT molecular complexity index is 1630. The summed E-state index contributed by atoms with van der Waals surface area (Å²) in [6, 6.07) is 23.0. The average molecular weight is 606 g/mol. The molecular weight excluding hydrogens is 584 g/mol. The second-order valence-electron chi connectivity index (χ2n) is 8.67. The Hall–Kier alpha value is -4.14. The average Bonchev–Trinajstić information content (AvgIpc) is 2.91. The molecule has 0 bridgehead atoms. The van der Waals surface area contributed by atoms with Crippen molar-refractivity contribution in [1.29, 1.82) is 0 Å². The second kappa shape index (κ2) is 11.3. The highest BCUT2D eigenvalue weighted by atomic mass is 79.9. The van der Waals surface area contributed by atoms with Crippen LogP contribution in [0.2, 0.25) is 5.02 Å². The molecule has 1 aliphatic rings. The maximum atomic E-state index is 13.2. The molecule has 0 aromatic heterocycles. The van der Waals surface area contributed by atoms with Crippen molar-refractivity contribution in [1.82, 2.24) is 5.32 Å². The summed E-state index contributed by atoms with van der Waals surface area (Å²) in [6.07, 6.45) is 1.41. The number of rotatable bonds is 7. The van der Waals surface area contributed by atoms with Crippen LogP contribution in [-0.2, 0) is 16.2 Å². The van der Waals surface area contributed by atoms with Gasteiger partial charge in [-0.15, -0.1) is 0 Å². The van der Waals surface area contributed by atoms with Gasteiger partial charge in [0.1, 0.15) is 12.2 Å². The number of nitrogens with zero attached hydrogens (tertiary/aromatic N) is 1. The van der Waals surface area contributed by atoms with Crippen molar-refractivity contribution in [2.24, 2.45) is 0 Å². The number of barbiturate groups is 1. The van der Waals surface area contributed by atoms with E-state index in [9.17, 15) is 14.4 Å². The van der Waals surface area contributed by atoms with Crippen LogP contribution in [0.15, 0.2) is 88.9 Å². The molecule has 0 radical (unpaired) electrons. The molecule has 1 heterocycles. The molecular formula is C30H22BrClN2O5. The first-order chi connectivity index (χ1) is 18.8. The summed E-state index contributed by atoms with van der Waals surface area (Å²) in [6.45, 7) is 2.53. The monoisotopic (exact) mass is 604 g/mol. The molecule has 0 atom stereocenters. The summed E-state index contributed by atoms with van der Waals surface area (Å²) < 4.78 is 12.5. The molecule has 5 rings (SSSR count). The Labute approximate surface area is 238 Å². The number of halogens is 2. The number of fused-ring (bicyclic) bond motifs is 1. The van der Waals surface area contributed by atoms with Crippen molar-refractivity contribution in [3.05, 3.63) is 105 Å². The predicted octanol–water partition coefficient (Wildman–Crippen LogP) is 6.90. The van der Waals surface area contributed by atoms with Crippen LogP contribution < -0.4 is 19.7 Å². The van der Waals surface area contributed by atoms with E-state index < -0.39 is 17.8 Å². The van der Waals surface area contributed by atoms with E-state index in [0.29, 0.717) is 39.8 Å². The van der Waals surface area contributed by atoms with Gasteiger partial charge in [-0.2, -0.15) is 0 Å². The van der Waals surface area contributed by atoms with Crippen LogP contribution in [0, 0.1) is 0 Å². The van der Waals surface area contributed by atoms with E-state index in [1.807, 2.05) is 37.3 Å². The van der Waals surface area contributed by atoms with Crippen molar-refractivity contribution in [3.8, 4) is 11.5 Å². The first-order valence-electron chi connectivity index (χ1n) is 12.1. The summed E-state index contributed by atoms with van der Waals surface area (Å²) in [5, 5.41) is 4.93. The van der Waals surface area contributed by atoms with E-state index in [1.54, 1.807) is 24.3 Å². The minimum atomic E-state index is -0.835. The summed E-state index contributed by atoms with van der Waals surface area (Å²) in [5.74, 6) is -0.615. The maximum absolute atomic E-state index is 13.2. The van der Waals surface area contributed by atoms with Gasteiger partial charge in [0.2, 0.25) is 0 Å². The molecule has 39 heavy (non-hydrogen) atoms. The molecule has 4 aromatic carbocycles. The third-order valence-electron chi connectivity index (χ3n) is 6.03. The fraction of sp³-hybridized carbons (Fsp3) is 0.100. The zero-order valence-electron chi connectivity index (χ0n) is 20.7. The van der Waals surface area contributed by atoms with Gasteiger partial charge >= 0.3 is 6.03 Å². The van der Waals surface area contributed by atoms with Crippen LogP contribution in [0.25, 0.3) is 16.8 Å². The lowest BCUT2D eigenvalue weighted by Gasteiger charge is -2.26. The largest absolute Gasteiger partial charge is 0.490 e. The van der Waals surface area contributed by atoms with E-state index in [1.165, 1.54) is 18.2 Å². The third kappa shape index (κ3) is 5.67. The van der Waals surface area contributed by atoms with Crippen molar-refractivity contribution >= 4 is 67.9 Å². The zero-order chi connectivity index (χ0) is 27.5. The van der Waals surface area contributed by atoms with E-state index in [2.05, 4.69) is 33.4 Å². The van der Waals surface area contributed by atoms with Crippen molar-refractivity contribution < 1.29 is 23.9 Å². The number of amides is 4. The van der Waals surface area contributed by atoms with Gasteiger partial charge in [-0.1, -0.05) is 48.0 Å². The molecule has 4 aromatic rings. The van der Waals surface area contributed by atoms with Crippen LogP contribution in [0.1, 0.15) is 18.1 Å². The Balaban J connectivity index is 1.43. The van der Waals surface area contributed by atoms with Gasteiger partial charge in [-0.25, -0.2) is 9.69 Å². The number of carbonyl (C=O) groups is 3. The summed E-state index contributed by atoms with van der Waals surface area (Å²) in [7, 11) is 0. The lowest BCUT2D eigenvalue weighted by Crippen LogP contribution is -2.54. The highest BCUT2D eigenvalue weighted by Gasteiger charge is 2.36. The summed E-state index contributed by atoms with van der Waals surface area (Å²) in [5.41, 5.74) is 1.58. The van der Waals surface area contributed by atoms with E-state index in [-0.39, 0.29) is 11.3 Å². The van der Waals surface area contributed by atoms with Crippen molar-refractivity contribution in [2.45, 2.75) is 13.5 Å². The first-order valence-corrected chi connectivity index (χ1v) is 13.2. The number of ether oxygens (including phenoxy) is 2. The molecule has 1 N–H and O–H groups in total. The fourth-order valence-corrected chi connectivity index (χ4v) is 4.91. The number of benzene rings is 4. The lowest BCUT2D eigenvalue weighted by atomic mass is 10.1. The van der Waals surface area contributed by atoms with Gasteiger partial charge in [-0.3, -0.25) is 14.9 Å². The molecule has 4 amide bonds. The van der Waals surface area contributed by atoms with E-state index >= 15 is 0 Å². The molecule has 1 saturated heterocycles. The first kappa shape index (κ1) is 26.5. The van der Waals surface area contributed by atoms with Crippen molar-refractivity contribution in [3.63, 3.8) is 0 Å². The van der Waals surface area contributed by atoms with Crippen LogP contribution in [0.3, 0.4) is 0 Å². The molecule has 7 nitrogen and oxygen atoms in total. The predicted molar refractivity (Wildman–Crippen MR) is 154 cm³/mol. The third-order valence-corrected chi connectivity index (χ3v) is 6.87. The van der Waals surface area contributed by atoms with E-state index in [0.717, 1.165) is 21.2 Å². The maximum Gasteiger partial charge on any atom is 0.335 e. The van der Waals surface area contributed by atoms with Gasteiger partial charge < -0.3 is 9.47 Å². The second-order valence-corrected chi connectivity index (χ2v) is 9.96. The lowest BCUT2D eigenvalue weighted by molar-refractivity contribution is -0.122. The molecule has 1 aliphatic heterocycles. The van der Waals surface area contributed by atoms with Gasteiger partial charge in [0.25, 0.3) is 11.8 Å². The van der Waals surface area contributed by atoms with Crippen LogP contribution >= 0.6 is 27.5 Å². The Morgan fingerprint density at radius 2 is 1.67 bits per heavy atom. The van der Waals surface area contributed by atoms with Crippen LogP contribution in [0.5, 0.6) is 11.5 Å². The quantitative estimate of drug-likeness (QED) is 0.183. The van der Waals surface area contributed by atoms with Gasteiger partial charge in [0.05, 0.1) is 16.8 Å². The number of hydrogen-bond donors (Lipinski definition) is 1. The topological polar surface area (TPSA) is 84.9 Å². The molecule has 0 spiro atoms. The molecule has 1 fully saturated rings. The standard InChI is InChI=1S/C30H22BrClN2O5/c1-2-38-26-16-19(14-24-28(35)33-30(37)34(29(24)36)23-11-9-22(32)10-12-23)15-25(31)27(26)39-17-18-7-8-20-5-3-4-6-21(20)13-18/h3-16H,2,17H2,1H3,(H,33,35,37)/b24-14+. The Kier molecular flexibility index (Phi) is 7.67. The highest BCUT2D eigenvalue weighted by molar-refractivity contribution is 9.10. The number of hydrogen-bond acceptors (Lipinski definition) is 5. The number of anilines is 1. The number of nitrogens with one attached hydrogen (secondary N) is 1. The smallest absolute Gasteiger partial charge is 0.335 e. The number of imide groups is 2. The van der Waals surface area contributed by atoms with Crippen LogP contribution in [0.4, 0.5) is 10.5 Å². The van der Waals surface area contributed by atoms with Crippen molar-refractivity contribution in [2.75, 3.05) is 11.5 Å². The van der Waals surface area contributed by atoms with Gasteiger partial charge in [0.15, 0.2) is 11.5 Å². The summed E-state index contributed by atoms with van der Waals surface area (Å²) >= 11 is 9.48. The fourth-order valence-electron chi connectivity index (χ4n) is 4.21. The summed E-state index contributed by atoms with van der Waals surface area (Å²) in [4.78, 5) is 39.2. The minimum absolute atomic E-state index is 0.205. The van der Waals surface area contributed by atoms with Gasteiger partial charge in [-0.05, 0) is 93.3 Å². The zero-order valence-corrected chi connectivity index (χ0v) is 23.1. The van der Waals surface area contributed by atoms with E-state index in [4.69, 9.17) is 21.1 Å². The normalized spacial score (nSPS) is 14.6. The highest BCUT2D eigenvalue weighted by Crippen LogP contribution is 2.38. The SMILES string of the molecule is CCOc1cc(/C=C2\C(=O)NC(=O)N(c3ccc(Cl)cc3)C2=O)cc(Br)c1OCc1ccc2ccccc2c1. The molecule has 9 heteroatoms. The molecule has 0 aliphatic carbocycles. The Morgan fingerprint density at radius 1 is 0.923 bits per heavy atom. The van der Waals surface area contributed by atoms with Crippen LogP contribution in [-0.4, -0.2) is 24.5 Å². The minimum Gasteiger partial charge on any atom is -0.490 e. The molecule has 0 saturated carbocycles. The molecule has 0 unspecified atom stereocenters. The number of carbonyl (C=O) groups excluding carboxylic acids is 3. The number of urea groups is 1.